The lowest BCUT2D eigenvalue weighted by Gasteiger charge is -2.33. The lowest BCUT2D eigenvalue weighted by Crippen LogP contribution is -2.30. The number of hydrogen-bond donors (Lipinski definition) is 1. The lowest BCUT2D eigenvalue weighted by atomic mass is 9.72. The van der Waals surface area contributed by atoms with Crippen LogP contribution in [0.2, 0.25) is 0 Å². The van der Waals surface area contributed by atoms with Crippen molar-refractivity contribution >= 4 is 0 Å². The highest BCUT2D eigenvalue weighted by Crippen LogP contribution is 2.53. The molecule has 0 saturated heterocycles. The molecular formula is C18H24O2. The highest BCUT2D eigenvalue weighted by molar-refractivity contribution is 5.53. The minimum atomic E-state index is 0.225. The van der Waals surface area contributed by atoms with Gasteiger partial charge in [-0.15, -0.1) is 0 Å². The molecule has 20 heavy (non-hydrogen) atoms. The Morgan fingerprint density at radius 3 is 2.90 bits per heavy atom. The van der Waals surface area contributed by atoms with Crippen molar-refractivity contribution in [1.29, 1.82) is 0 Å². The maximum absolute atomic E-state index is 10.5. The first-order valence-electron chi connectivity index (χ1n) is 7.79. The van der Waals surface area contributed by atoms with E-state index in [2.05, 4.69) is 26.5 Å². The van der Waals surface area contributed by atoms with Gasteiger partial charge in [0.15, 0.2) is 0 Å². The Balaban J connectivity index is 2.02. The summed E-state index contributed by atoms with van der Waals surface area (Å²) >= 11 is 0. The molecule has 0 amide bonds. The van der Waals surface area contributed by atoms with Crippen molar-refractivity contribution in [3.05, 3.63) is 35.4 Å². The predicted octanol–water partition coefficient (Wildman–Crippen LogP) is 4.57. The molecule has 0 radical (unpaired) electrons. The molecule has 1 N–H and O–H groups in total. The number of aryl methyl sites for hydroxylation is 1. The van der Waals surface area contributed by atoms with Gasteiger partial charge in [0.25, 0.3) is 0 Å². The van der Waals surface area contributed by atoms with Crippen LogP contribution in [0.3, 0.4) is 0 Å². The van der Waals surface area contributed by atoms with Gasteiger partial charge in [0.05, 0.1) is 0 Å². The van der Waals surface area contributed by atoms with Gasteiger partial charge in [0.1, 0.15) is 17.6 Å². The minimum Gasteiger partial charge on any atom is -0.508 e. The van der Waals surface area contributed by atoms with E-state index in [-0.39, 0.29) is 6.10 Å². The van der Waals surface area contributed by atoms with E-state index >= 15 is 0 Å². The van der Waals surface area contributed by atoms with Crippen LogP contribution in [0.4, 0.5) is 0 Å². The van der Waals surface area contributed by atoms with Crippen LogP contribution in [-0.2, 0) is 6.42 Å². The van der Waals surface area contributed by atoms with Crippen LogP contribution in [-0.4, -0.2) is 11.2 Å². The number of rotatable bonds is 3. The average molecular weight is 272 g/mol. The van der Waals surface area contributed by atoms with Gasteiger partial charge >= 0.3 is 0 Å². The van der Waals surface area contributed by atoms with Crippen molar-refractivity contribution < 1.29 is 9.84 Å². The van der Waals surface area contributed by atoms with E-state index in [9.17, 15) is 5.11 Å². The zero-order chi connectivity index (χ0) is 14.3. The molecule has 1 aliphatic heterocycles. The first-order valence-corrected chi connectivity index (χ1v) is 7.79. The van der Waals surface area contributed by atoms with Gasteiger partial charge < -0.3 is 9.84 Å². The Labute approximate surface area is 121 Å². The number of allylic oxidation sites excluding steroid dienone is 1. The normalized spacial score (nSPS) is 27.6. The van der Waals surface area contributed by atoms with Crippen molar-refractivity contribution in [1.82, 2.24) is 0 Å². The van der Waals surface area contributed by atoms with Crippen LogP contribution in [0, 0.1) is 5.92 Å². The van der Waals surface area contributed by atoms with Crippen LogP contribution >= 0.6 is 0 Å². The van der Waals surface area contributed by atoms with Crippen LogP contribution in [0.5, 0.6) is 11.5 Å². The number of hydrogen-bond acceptors (Lipinski definition) is 2. The third kappa shape index (κ3) is 2.11. The molecule has 3 atom stereocenters. The van der Waals surface area contributed by atoms with Crippen molar-refractivity contribution in [3.63, 3.8) is 0 Å². The third-order valence-electron chi connectivity index (χ3n) is 4.80. The molecule has 2 aliphatic rings. The van der Waals surface area contributed by atoms with E-state index in [1.807, 2.05) is 6.07 Å². The summed E-state index contributed by atoms with van der Waals surface area (Å²) in [5.41, 5.74) is 3.42. The quantitative estimate of drug-likeness (QED) is 0.817. The molecule has 3 rings (SSSR count). The van der Waals surface area contributed by atoms with E-state index in [1.54, 1.807) is 0 Å². The first kappa shape index (κ1) is 13.5. The predicted molar refractivity (Wildman–Crippen MR) is 81.4 cm³/mol. The van der Waals surface area contributed by atoms with Crippen molar-refractivity contribution in [2.24, 2.45) is 5.92 Å². The third-order valence-corrected chi connectivity index (χ3v) is 4.80. The zero-order valence-electron chi connectivity index (χ0n) is 12.5. The summed E-state index contributed by atoms with van der Waals surface area (Å²) in [4.78, 5) is 0. The molecule has 3 unspecified atom stereocenters. The standard InChI is InChI=1S/C18H24O2/c1-4-6-12-9-14(19)18-16(10-12)20-15-8-5-7-13(11(2)3)17(15)18/h9-10,13,15,17,19H,2,4-8H2,1,3H3. The van der Waals surface area contributed by atoms with Gasteiger partial charge in [-0.1, -0.05) is 25.5 Å². The summed E-state index contributed by atoms with van der Waals surface area (Å²) in [6, 6.07) is 4.06. The largest absolute Gasteiger partial charge is 0.508 e. The molecule has 1 aliphatic carbocycles. The Morgan fingerprint density at radius 1 is 1.40 bits per heavy atom. The summed E-state index contributed by atoms with van der Waals surface area (Å²) < 4.78 is 6.16. The van der Waals surface area contributed by atoms with Gasteiger partial charge in [-0.2, -0.15) is 0 Å². The SMILES string of the molecule is C=C(C)C1CCCC2Oc3cc(CCC)cc(O)c3C21. The fraction of sp³-hybridized carbons (Fsp3) is 0.556. The van der Waals surface area contributed by atoms with E-state index < -0.39 is 0 Å². The monoisotopic (exact) mass is 272 g/mol. The molecule has 2 nitrogen and oxygen atoms in total. The van der Waals surface area contributed by atoms with Gasteiger partial charge in [0, 0.05) is 11.5 Å². The molecule has 2 heteroatoms. The zero-order valence-corrected chi connectivity index (χ0v) is 12.5. The van der Waals surface area contributed by atoms with Crippen LogP contribution in [0.1, 0.15) is 56.6 Å². The van der Waals surface area contributed by atoms with Crippen LogP contribution in [0.15, 0.2) is 24.3 Å². The Bertz CT molecular complexity index is 532. The topological polar surface area (TPSA) is 29.5 Å². The molecule has 0 aromatic heterocycles. The van der Waals surface area contributed by atoms with E-state index in [4.69, 9.17) is 4.74 Å². The van der Waals surface area contributed by atoms with Crippen molar-refractivity contribution in [2.75, 3.05) is 0 Å². The number of ether oxygens (including phenoxy) is 1. The van der Waals surface area contributed by atoms with E-state index in [1.165, 1.54) is 17.6 Å². The second-order valence-corrected chi connectivity index (χ2v) is 6.34. The molecule has 1 aromatic rings. The van der Waals surface area contributed by atoms with E-state index in [0.717, 1.165) is 37.0 Å². The molecule has 0 bridgehead atoms. The first-order chi connectivity index (χ1) is 9.61. The summed E-state index contributed by atoms with van der Waals surface area (Å²) in [6.07, 6.45) is 5.74. The van der Waals surface area contributed by atoms with Crippen molar-refractivity contribution in [3.8, 4) is 11.5 Å². The van der Waals surface area contributed by atoms with Crippen LogP contribution < -0.4 is 4.74 Å². The second kappa shape index (κ2) is 5.16. The Morgan fingerprint density at radius 2 is 2.20 bits per heavy atom. The Kier molecular flexibility index (Phi) is 3.49. The highest BCUT2D eigenvalue weighted by atomic mass is 16.5. The second-order valence-electron chi connectivity index (χ2n) is 6.34. The molecule has 1 saturated carbocycles. The maximum atomic E-state index is 10.5. The molecule has 1 heterocycles. The summed E-state index contributed by atoms with van der Waals surface area (Å²) in [5, 5.41) is 10.5. The van der Waals surface area contributed by atoms with Gasteiger partial charge in [-0.05, 0) is 56.2 Å². The van der Waals surface area contributed by atoms with Gasteiger partial charge in [0.2, 0.25) is 0 Å². The van der Waals surface area contributed by atoms with Crippen LogP contribution in [0.25, 0.3) is 0 Å². The lowest BCUT2D eigenvalue weighted by molar-refractivity contribution is 0.138. The minimum absolute atomic E-state index is 0.225. The maximum Gasteiger partial charge on any atom is 0.127 e. The summed E-state index contributed by atoms with van der Waals surface area (Å²) in [7, 11) is 0. The molecular weight excluding hydrogens is 248 g/mol. The fourth-order valence-corrected chi connectivity index (χ4v) is 3.93. The van der Waals surface area contributed by atoms with Crippen molar-refractivity contribution in [2.45, 2.75) is 58.0 Å². The smallest absolute Gasteiger partial charge is 0.127 e. The van der Waals surface area contributed by atoms with Gasteiger partial charge in [-0.3, -0.25) is 0 Å². The fourth-order valence-electron chi connectivity index (χ4n) is 3.93. The number of fused-ring (bicyclic) bond motifs is 3. The van der Waals surface area contributed by atoms with E-state index in [0.29, 0.717) is 17.6 Å². The van der Waals surface area contributed by atoms with Gasteiger partial charge in [-0.25, -0.2) is 0 Å². The molecule has 108 valence electrons. The molecule has 0 spiro atoms. The number of aromatic hydroxyl groups is 1. The molecule has 1 aromatic carbocycles. The summed E-state index contributed by atoms with van der Waals surface area (Å²) in [6.45, 7) is 8.41. The Hall–Kier alpha value is -1.44. The highest BCUT2D eigenvalue weighted by Gasteiger charge is 2.44. The number of benzene rings is 1. The number of phenols is 1. The molecule has 1 fully saturated rings. The summed E-state index contributed by atoms with van der Waals surface area (Å²) in [5.74, 6) is 2.08. The number of phenolic OH excluding ortho intramolecular Hbond substituents is 1. The average Bonchev–Trinajstić information content (AvgIpc) is 2.77.